The molecule has 16 heteroatoms. The Balaban J connectivity index is 0.000000324. The molecule has 0 spiro atoms. The minimum Gasteiger partial charge on any atom is -0.475 e. The number of nitrogens with zero attached hydrogens (tertiary/aromatic N) is 1. The number of fused-ring (bicyclic) bond motifs is 1. The van der Waals surface area contributed by atoms with Crippen LogP contribution in [0.15, 0.2) is 12.1 Å². The zero-order chi connectivity index (χ0) is 25.8. The lowest BCUT2D eigenvalue weighted by molar-refractivity contribution is -0.193. The summed E-state index contributed by atoms with van der Waals surface area (Å²) in [6.07, 6.45) is -8.05. The molecule has 184 valence electrons. The second-order valence-corrected chi connectivity index (χ2v) is 7.20. The van der Waals surface area contributed by atoms with E-state index in [0.717, 1.165) is 30.7 Å². The summed E-state index contributed by atoms with van der Waals surface area (Å²) in [5, 5.41) is 18.2. The summed E-state index contributed by atoms with van der Waals surface area (Å²) in [6.45, 7) is 3.07. The van der Waals surface area contributed by atoms with Crippen LogP contribution in [-0.2, 0) is 15.1 Å². The molecule has 6 N–H and O–H groups in total. The van der Waals surface area contributed by atoms with Crippen LogP contribution in [0.1, 0.15) is 35.9 Å². The number of amides is 1. The van der Waals surface area contributed by atoms with Gasteiger partial charge in [0.15, 0.2) is 0 Å². The predicted octanol–water partition coefficient (Wildman–Crippen LogP) is 3.18. The van der Waals surface area contributed by atoms with Crippen molar-refractivity contribution < 1.29 is 50.9 Å². The van der Waals surface area contributed by atoms with Gasteiger partial charge in [0.25, 0.3) is 5.91 Å². The van der Waals surface area contributed by atoms with Gasteiger partial charge in [0.1, 0.15) is 11.3 Å². The van der Waals surface area contributed by atoms with E-state index in [1.165, 1.54) is 0 Å². The molecule has 2 heterocycles. The molecule has 1 aliphatic heterocycles. The van der Waals surface area contributed by atoms with Crippen molar-refractivity contribution >= 4 is 40.5 Å². The maximum Gasteiger partial charge on any atom is 0.490 e. The number of carbonyl (C=O) groups is 3. The van der Waals surface area contributed by atoms with E-state index in [-0.39, 0.29) is 5.54 Å². The lowest BCUT2D eigenvalue weighted by Crippen LogP contribution is -2.34. The fourth-order valence-corrected chi connectivity index (χ4v) is 2.85. The lowest BCUT2D eigenvalue weighted by Gasteiger charge is -2.21. The van der Waals surface area contributed by atoms with E-state index in [1.807, 2.05) is 0 Å². The predicted molar refractivity (Wildman–Crippen MR) is 102 cm³/mol. The van der Waals surface area contributed by atoms with Crippen molar-refractivity contribution in [3.63, 3.8) is 0 Å². The van der Waals surface area contributed by atoms with Gasteiger partial charge in [0.05, 0.1) is 16.6 Å². The molecule has 1 aliphatic rings. The first kappa shape index (κ1) is 28.0. The van der Waals surface area contributed by atoms with E-state index < -0.39 is 30.2 Å². The first-order valence-corrected chi connectivity index (χ1v) is 9.11. The van der Waals surface area contributed by atoms with Gasteiger partial charge in [-0.25, -0.2) is 14.6 Å². The number of hydrogen-bond donors (Lipinski definition) is 5. The molecule has 1 saturated heterocycles. The largest absolute Gasteiger partial charge is 0.490 e. The van der Waals surface area contributed by atoms with Crippen LogP contribution in [0.2, 0.25) is 5.02 Å². The first-order chi connectivity index (χ1) is 14.9. The maximum atomic E-state index is 11.5. The summed E-state index contributed by atoms with van der Waals surface area (Å²) in [4.78, 5) is 37.1. The molecule has 1 atom stereocenters. The molecular weight excluding hydrogens is 490 g/mol. The Morgan fingerprint density at radius 2 is 1.58 bits per heavy atom. The monoisotopic (exact) mass is 506 g/mol. The number of hydrogen-bond acceptors (Lipinski definition) is 5. The van der Waals surface area contributed by atoms with E-state index in [9.17, 15) is 31.1 Å². The SMILES string of the molecule is C[C@]1(c2nc3c(C(N)=O)cc(Cl)cc3[nH]2)CCCN1.O=C(O)C(F)(F)F.O=C(O)C(F)(F)F. The second kappa shape index (κ2) is 10.2. The average Bonchev–Trinajstić information content (AvgIpc) is 3.27. The summed E-state index contributed by atoms with van der Waals surface area (Å²) in [7, 11) is 0. The molecule has 0 radical (unpaired) electrons. The van der Waals surface area contributed by atoms with Gasteiger partial charge in [-0.15, -0.1) is 0 Å². The summed E-state index contributed by atoms with van der Waals surface area (Å²) < 4.78 is 63.5. The zero-order valence-corrected chi connectivity index (χ0v) is 17.3. The Morgan fingerprint density at radius 3 is 1.94 bits per heavy atom. The maximum absolute atomic E-state index is 11.5. The summed E-state index contributed by atoms with van der Waals surface area (Å²) >= 11 is 6.00. The van der Waals surface area contributed by atoms with Gasteiger partial charge in [-0.3, -0.25) is 4.79 Å². The molecule has 0 unspecified atom stereocenters. The smallest absolute Gasteiger partial charge is 0.475 e. The molecule has 0 bridgehead atoms. The van der Waals surface area contributed by atoms with Crippen LogP contribution < -0.4 is 11.1 Å². The topological polar surface area (TPSA) is 158 Å². The number of aromatic amines is 1. The number of H-pyrrole nitrogens is 1. The quantitative estimate of drug-likeness (QED) is 0.391. The summed E-state index contributed by atoms with van der Waals surface area (Å²) in [5.41, 5.74) is 6.88. The fraction of sp³-hybridized carbons (Fsp3) is 0.412. The summed E-state index contributed by atoms with van der Waals surface area (Å²) in [5.74, 6) is -5.21. The van der Waals surface area contributed by atoms with E-state index in [4.69, 9.17) is 37.1 Å². The average molecular weight is 507 g/mol. The van der Waals surface area contributed by atoms with Gasteiger partial charge in [0, 0.05) is 5.02 Å². The highest BCUT2D eigenvalue weighted by Gasteiger charge is 2.39. The number of alkyl halides is 6. The van der Waals surface area contributed by atoms with Crippen LogP contribution in [-0.4, -0.2) is 56.9 Å². The van der Waals surface area contributed by atoms with Crippen molar-refractivity contribution in [3.05, 3.63) is 28.5 Å². The highest BCUT2D eigenvalue weighted by Crippen LogP contribution is 2.31. The van der Waals surface area contributed by atoms with Crippen molar-refractivity contribution in [1.29, 1.82) is 0 Å². The van der Waals surface area contributed by atoms with Crippen LogP contribution in [0.3, 0.4) is 0 Å². The van der Waals surface area contributed by atoms with Crippen molar-refractivity contribution in [2.45, 2.75) is 37.7 Å². The molecule has 1 aromatic carbocycles. The Hall–Kier alpha value is -3.07. The number of carbonyl (C=O) groups excluding carboxylic acids is 1. The van der Waals surface area contributed by atoms with Crippen LogP contribution in [0.5, 0.6) is 0 Å². The van der Waals surface area contributed by atoms with Gasteiger partial charge < -0.3 is 26.2 Å². The van der Waals surface area contributed by atoms with Crippen LogP contribution in [0.25, 0.3) is 11.0 Å². The van der Waals surface area contributed by atoms with Gasteiger partial charge in [-0.2, -0.15) is 26.3 Å². The van der Waals surface area contributed by atoms with Crippen molar-refractivity contribution in [2.24, 2.45) is 5.73 Å². The molecule has 9 nitrogen and oxygen atoms in total. The minimum atomic E-state index is -5.08. The number of primary amides is 1. The van der Waals surface area contributed by atoms with Gasteiger partial charge >= 0.3 is 24.3 Å². The van der Waals surface area contributed by atoms with E-state index in [1.54, 1.807) is 12.1 Å². The third kappa shape index (κ3) is 7.78. The molecule has 2 aromatic rings. The normalized spacial score (nSPS) is 18.1. The molecular formula is C17H17ClF6N4O5. The van der Waals surface area contributed by atoms with Gasteiger partial charge in [-0.05, 0) is 38.4 Å². The molecule has 1 aromatic heterocycles. The van der Waals surface area contributed by atoms with E-state index in [0.29, 0.717) is 16.1 Å². The zero-order valence-electron chi connectivity index (χ0n) is 16.6. The number of carboxylic acids is 2. The summed E-state index contributed by atoms with van der Waals surface area (Å²) in [6, 6.07) is 3.32. The Labute approximate surface area is 185 Å². The number of rotatable bonds is 2. The molecule has 0 saturated carbocycles. The van der Waals surface area contributed by atoms with Crippen LogP contribution in [0, 0.1) is 0 Å². The third-order valence-corrected chi connectivity index (χ3v) is 4.41. The molecule has 3 rings (SSSR count). The van der Waals surface area contributed by atoms with E-state index in [2.05, 4.69) is 22.2 Å². The number of imidazole rings is 1. The Morgan fingerprint density at radius 1 is 1.09 bits per heavy atom. The van der Waals surface area contributed by atoms with Crippen LogP contribution in [0.4, 0.5) is 26.3 Å². The third-order valence-electron chi connectivity index (χ3n) is 4.19. The molecule has 33 heavy (non-hydrogen) atoms. The number of benzene rings is 1. The van der Waals surface area contributed by atoms with Gasteiger partial charge in [0.2, 0.25) is 0 Å². The number of aliphatic carboxylic acids is 2. The highest BCUT2D eigenvalue weighted by atomic mass is 35.5. The van der Waals surface area contributed by atoms with Crippen molar-refractivity contribution in [3.8, 4) is 0 Å². The Kier molecular flexibility index (Phi) is 8.68. The number of carboxylic acid groups (broad SMARTS) is 2. The van der Waals surface area contributed by atoms with Crippen molar-refractivity contribution in [1.82, 2.24) is 15.3 Å². The molecule has 1 amide bonds. The highest BCUT2D eigenvalue weighted by molar-refractivity contribution is 6.32. The lowest BCUT2D eigenvalue weighted by atomic mass is 10.00. The van der Waals surface area contributed by atoms with E-state index >= 15 is 0 Å². The van der Waals surface area contributed by atoms with Crippen molar-refractivity contribution in [2.75, 3.05) is 6.54 Å². The number of nitrogens with two attached hydrogens (primary N) is 1. The first-order valence-electron chi connectivity index (χ1n) is 8.73. The minimum absolute atomic E-state index is 0.180. The number of halogens is 7. The second-order valence-electron chi connectivity index (χ2n) is 6.77. The fourth-order valence-electron chi connectivity index (χ4n) is 2.63. The standard InChI is InChI=1S/C13H15ClN4O.2C2HF3O2/c1-13(3-2-4-16-13)12-17-9-6-7(14)5-8(11(15)19)10(9)18-12;2*3-2(4,5)1(6)7/h5-6,16H,2-4H2,1H3,(H2,15,19)(H,17,18);2*(H,6,7)/t13-;;/m1../s1. The molecule has 0 aliphatic carbocycles. The van der Waals surface area contributed by atoms with Crippen LogP contribution >= 0.6 is 11.6 Å². The Bertz CT molecular complexity index is 1010. The molecule has 1 fully saturated rings. The van der Waals surface area contributed by atoms with Gasteiger partial charge in [-0.1, -0.05) is 11.6 Å². The number of aromatic nitrogens is 2. The number of nitrogens with one attached hydrogen (secondary N) is 2.